The first kappa shape index (κ1) is 19.7. The van der Waals surface area contributed by atoms with E-state index in [4.69, 9.17) is 32.4 Å². The van der Waals surface area contributed by atoms with Crippen LogP contribution in [-0.2, 0) is 16.6 Å². The zero-order chi connectivity index (χ0) is 19.3. The fourth-order valence-corrected chi connectivity index (χ4v) is 3.97. The maximum absolute atomic E-state index is 13.0. The summed E-state index contributed by atoms with van der Waals surface area (Å²) in [6.45, 7) is 0.316. The van der Waals surface area contributed by atoms with Gasteiger partial charge in [0.05, 0.1) is 12.8 Å². The second kappa shape index (κ2) is 8.75. The quantitative estimate of drug-likeness (QED) is 0.503. The molecule has 6 nitrogen and oxygen atoms in total. The van der Waals surface area contributed by atoms with E-state index in [1.165, 1.54) is 28.9 Å². The van der Waals surface area contributed by atoms with Gasteiger partial charge in [-0.1, -0.05) is 29.3 Å². The molecule has 0 amide bonds. The number of halogens is 2. The first-order valence-corrected chi connectivity index (χ1v) is 10.2. The second-order valence-electron chi connectivity index (χ2n) is 5.54. The topological polar surface area (TPSA) is 72.6 Å². The molecule has 0 aliphatic rings. The third-order valence-corrected chi connectivity index (χ3v) is 5.94. The first-order chi connectivity index (χ1) is 12.9. The Morgan fingerprint density at radius 3 is 2.63 bits per heavy atom. The van der Waals surface area contributed by atoms with Gasteiger partial charge in [-0.05, 0) is 42.5 Å². The van der Waals surface area contributed by atoms with Gasteiger partial charge in [-0.3, -0.25) is 0 Å². The highest BCUT2D eigenvalue weighted by Crippen LogP contribution is 2.20. The summed E-state index contributed by atoms with van der Waals surface area (Å²) in [4.78, 5) is 3.90. The fraction of sp³-hybridized carbons (Fsp3) is 0.167. The van der Waals surface area contributed by atoms with Gasteiger partial charge in [-0.25, -0.2) is 13.4 Å². The average Bonchev–Trinajstić information content (AvgIpc) is 3.14. The molecule has 0 saturated carbocycles. The number of hydrogen-bond acceptors (Lipinski definition) is 5. The number of benzene rings is 1. The summed E-state index contributed by atoms with van der Waals surface area (Å²) >= 11 is 11.7. The lowest BCUT2D eigenvalue weighted by atomic mass is 10.3. The molecule has 3 aromatic rings. The third kappa shape index (κ3) is 5.23. The minimum Gasteiger partial charge on any atom is -0.492 e. The van der Waals surface area contributed by atoms with Crippen LogP contribution < -0.4 is 4.74 Å². The Labute approximate surface area is 167 Å². The largest absolute Gasteiger partial charge is 0.492 e. The van der Waals surface area contributed by atoms with Crippen LogP contribution in [0.5, 0.6) is 5.75 Å². The Morgan fingerprint density at radius 2 is 1.96 bits per heavy atom. The number of hydrogen-bond donors (Lipinski definition) is 0. The number of nitrogens with zero attached hydrogens (tertiary/aromatic N) is 2. The third-order valence-electron chi connectivity index (χ3n) is 3.66. The molecule has 0 N–H and O–H groups in total. The molecule has 0 aliphatic heterocycles. The van der Waals surface area contributed by atoms with Crippen LogP contribution in [0.3, 0.4) is 0 Å². The van der Waals surface area contributed by atoms with Crippen LogP contribution in [0.2, 0.25) is 10.2 Å². The Bertz CT molecular complexity index is 977. The van der Waals surface area contributed by atoms with E-state index in [0.29, 0.717) is 16.5 Å². The average molecular weight is 427 g/mol. The van der Waals surface area contributed by atoms with Crippen molar-refractivity contribution in [2.45, 2.75) is 11.4 Å². The Kier molecular flexibility index (Phi) is 6.38. The maximum atomic E-state index is 13.0. The van der Waals surface area contributed by atoms with Gasteiger partial charge in [0, 0.05) is 17.8 Å². The molecule has 142 valence electrons. The van der Waals surface area contributed by atoms with Gasteiger partial charge in [-0.15, -0.1) is 0 Å². The molecule has 0 spiro atoms. The van der Waals surface area contributed by atoms with Crippen LogP contribution in [-0.4, -0.2) is 30.9 Å². The van der Waals surface area contributed by atoms with Gasteiger partial charge in [0.1, 0.15) is 28.2 Å². The lowest BCUT2D eigenvalue weighted by Crippen LogP contribution is -2.34. The molecule has 0 aliphatic carbocycles. The summed E-state index contributed by atoms with van der Waals surface area (Å²) < 4.78 is 38.2. The van der Waals surface area contributed by atoms with Crippen molar-refractivity contribution in [3.8, 4) is 5.75 Å². The second-order valence-corrected chi connectivity index (χ2v) is 8.30. The number of sulfonamides is 1. The molecule has 0 radical (unpaired) electrons. The molecule has 2 heterocycles. The molecule has 27 heavy (non-hydrogen) atoms. The molecule has 3 rings (SSSR count). The van der Waals surface area contributed by atoms with Gasteiger partial charge >= 0.3 is 0 Å². The van der Waals surface area contributed by atoms with E-state index in [0.717, 1.165) is 0 Å². The number of aromatic nitrogens is 1. The van der Waals surface area contributed by atoms with Crippen LogP contribution >= 0.6 is 23.2 Å². The van der Waals surface area contributed by atoms with Gasteiger partial charge in [0.25, 0.3) is 0 Å². The molecular weight excluding hydrogens is 411 g/mol. The van der Waals surface area contributed by atoms with E-state index < -0.39 is 10.0 Å². The van der Waals surface area contributed by atoms with Crippen molar-refractivity contribution in [1.29, 1.82) is 0 Å². The molecule has 0 fully saturated rings. The predicted molar refractivity (Wildman–Crippen MR) is 102 cm³/mol. The van der Waals surface area contributed by atoms with E-state index in [1.807, 2.05) is 0 Å². The Hall–Kier alpha value is -2.06. The smallest absolute Gasteiger partial charge is 0.245 e. The number of pyridine rings is 1. The van der Waals surface area contributed by atoms with Crippen molar-refractivity contribution in [3.05, 3.63) is 76.9 Å². The lowest BCUT2D eigenvalue weighted by Gasteiger charge is -2.21. The minimum atomic E-state index is -3.81. The van der Waals surface area contributed by atoms with E-state index >= 15 is 0 Å². The highest BCUT2D eigenvalue weighted by Gasteiger charge is 2.26. The van der Waals surface area contributed by atoms with Gasteiger partial charge in [0.15, 0.2) is 0 Å². The number of furan rings is 1. The lowest BCUT2D eigenvalue weighted by molar-refractivity contribution is 0.261. The van der Waals surface area contributed by atoms with Crippen LogP contribution in [0.25, 0.3) is 0 Å². The van der Waals surface area contributed by atoms with E-state index in [-0.39, 0.29) is 29.7 Å². The number of ether oxygens (including phenoxy) is 1. The SMILES string of the molecule is O=S(=O)(c1ccc(Cl)nc1)N(CCOc1cccc(Cl)c1)Cc1ccco1. The highest BCUT2D eigenvalue weighted by atomic mass is 35.5. The standard InChI is InChI=1S/C18H16Cl2N2O4S/c19-14-3-1-4-15(11-14)26-10-8-22(13-16-5-2-9-25-16)27(23,24)17-6-7-18(20)21-12-17/h1-7,9,11-12H,8,10,13H2. The normalized spacial score (nSPS) is 11.7. The predicted octanol–water partition coefficient (Wildman–Crippen LogP) is 4.25. The summed E-state index contributed by atoms with van der Waals surface area (Å²) in [6.07, 6.45) is 2.72. The van der Waals surface area contributed by atoms with Crippen LogP contribution in [0.15, 0.2) is 70.3 Å². The molecule has 9 heteroatoms. The van der Waals surface area contributed by atoms with Crippen molar-refractivity contribution in [2.24, 2.45) is 0 Å². The zero-order valence-corrected chi connectivity index (χ0v) is 16.4. The van der Waals surface area contributed by atoms with Gasteiger partial charge < -0.3 is 9.15 Å². The van der Waals surface area contributed by atoms with E-state index in [1.54, 1.807) is 36.4 Å². The number of rotatable bonds is 8. The monoisotopic (exact) mass is 426 g/mol. The van der Waals surface area contributed by atoms with E-state index in [9.17, 15) is 8.42 Å². The summed E-state index contributed by atoms with van der Waals surface area (Å²) in [6, 6.07) is 13.2. The first-order valence-electron chi connectivity index (χ1n) is 7.97. The molecule has 2 aromatic heterocycles. The van der Waals surface area contributed by atoms with Crippen LogP contribution in [0.1, 0.15) is 5.76 Å². The summed E-state index contributed by atoms with van der Waals surface area (Å²) in [5, 5.41) is 0.760. The molecule has 0 atom stereocenters. The maximum Gasteiger partial charge on any atom is 0.245 e. The molecule has 1 aromatic carbocycles. The van der Waals surface area contributed by atoms with Crippen molar-refractivity contribution >= 4 is 33.2 Å². The van der Waals surface area contributed by atoms with Gasteiger partial charge in [0.2, 0.25) is 10.0 Å². The van der Waals surface area contributed by atoms with Crippen molar-refractivity contribution in [3.63, 3.8) is 0 Å². The fourth-order valence-electron chi connectivity index (χ4n) is 2.35. The summed E-state index contributed by atoms with van der Waals surface area (Å²) in [5.41, 5.74) is 0. The molecule has 0 bridgehead atoms. The zero-order valence-electron chi connectivity index (χ0n) is 14.1. The van der Waals surface area contributed by atoms with Gasteiger partial charge in [-0.2, -0.15) is 4.31 Å². The van der Waals surface area contributed by atoms with E-state index in [2.05, 4.69) is 4.98 Å². The van der Waals surface area contributed by atoms with Crippen LogP contribution in [0, 0.1) is 0 Å². The molecule has 0 unspecified atom stereocenters. The Balaban J connectivity index is 1.76. The highest BCUT2D eigenvalue weighted by molar-refractivity contribution is 7.89. The summed E-state index contributed by atoms with van der Waals surface area (Å²) in [7, 11) is -3.81. The molecular formula is C18H16Cl2N2O4S. The molecule has 0 saturated heterocycles. The van der Waals surface area contributed by atoms with Crippen molar-refractivity contribution < 1.29 is 17.6 Å². The minimum absolute atomic E-state index is 0.0428. The van der Waals surface area contributed by atoms with Crippen molar-refractivity contribution in [2.75, 3.05) is 13.2 Å². The van der Waals surface area contributed by atoms with Crippen LogP contribution in [0.4, 0.5) is 0 Å². The van der Waals surface area contributed by atoms with Crippen molar-refractivity contribution in [1.82, 2.24) is 9.29 Å². The summed E-state index contributed by atoms with van der Waals surface area (Å²) in [5.74, 6) is 1.08. The Morgan fingerprint density at radius 1 is 1.11 bits per heavy atom.